The maximum Gasteiger partial charge on any atom is 0.221 e. The fourth-order valence-electron chi connectivity index (χ4n) is 2.12. The molecule has 0 spiro atoms. The minimum atomic E-state index is -0.199. The molecule has 1 unspecified atom stereocenters. The van der Waals surface area contributed by atoms with E-state index in [-0.39, 0.29) is 11.9 Å². The molecule has 1 aromatic rings. The van der Waals surface area contributed by atoms with Crippen molar-refractivity contribution in [3.8, 4) is 0 Å². The molecule has 1 aliphatic carbocycles. The van der Waals surface area contributed by atoms with E-state index in [9.17, 15) is 4.79 Å². The first kappa shape index (κ1) is 13.1. The molecule has 3 nitrogen and oxygen atoms in total. The molecule has 3 N–H and O–H groups in total. The van der Waals surface area contributed by atoms with Gasteiger partial charge < -0.3 is 11.1 Å². The number of carbonyl (C=O) groups is 1. The number of amides is 1. The molecule has 1 aromatic carbocycles. The van der Waals surface area contributed by atoms with Crippen LogP contribution in [-0.4, -0.2) is 12.5 Å². The first-order valence-corrected chi connectivity index (χ1v) is 6.83. The Morgan fingerprint density at radius 1 is 1.33 bits per heavy atom. The maximum atomic E-state index is 11.7. The highest BCUT2D eigenvalue weighted by Crippen LogP contribution is 2.33. The van der Waals surface area contributed by atoms with Crippen molar-refractivity contribution in [3.05, 3.63) is 35.9 Å². The van der Waals surface area contributed by atoms with Crippen LogP contribution in [0, 0.1) is 5.92 Å². The van der Waals surface area contributed by atoms with Crippen LogP contribution in [0.15, 0.2) is 30.3 Å². The van der Waals surface area contributed by atoms with Crippen LogP contribution in [0.4, 0.5) is 0 Å². The second-order valence-corrected chi connectivity index (χ2v) is 5.16. The Labute approximate surface area is 109 Å². The van der Waals surface area contributed by atoms with Crippen molar-refractivity contribution in [1.82, 2.24) is 5.32 Å². The van der Waals surface area contributed by atoms with Gasteiger partial charge in [-0.3, -0.25) is 4.79 Å². The van der Waals surface area contributed by atoms with E-state index >= 15 is 0 Å². The largest absolute Gasteiger partial charge is 0.356 e. The summed E-state index contributed by atoms with van der Waals surface area (Å²) in [6.45, 7) is 0.789. The van der Waals surface area contributed by atoms with E-state index in [2.05, 4.69) is 5.32 Å². The number of rotatable bonds is 7. The van der Waals surface area contributed by atoms with Crippen molar-refractivity contribution in [2.24, 2.45) is 11.7 Å². The SMILES string of the molecule is NC(CC(=O)NCCCC1CC1)c1ccccc1. The summed E-state index contributed by atoms with van der Waals surface area (Å²) in [4.78, 5) is 11.7. The van der Waals surface area contributed by atoms with Crippen LogP contribution in [0.25, 0.3) is 0 Å². The second kappa shape index (κ2) is 6.55. The summed E-state index contributed by atoms with van der Waals surface area (Å²) in [6.07, 6.45) is 5.48. The second-order valence-electron chi connectivity index (χ2n) is 5.16. The molecule has 98 valence electrons. The monoisotopic (exact) mass is 246 g/mol. The van der Waals surface area contributed by atoms with Gasteiger partial charge in [0.15, 0.2) is 0 Å². The number of hydrogen-bond donors (Lipinski definition) is 2. The molecule has 1 amide bonds. The Kier molecular flexibility index (Phi) is 4.76. The van der Waals surface area contributed by atoms with E-state index in [1.165, 1.54) is 19.3 Å². The first-order valence-electron chi connectivity index (χ1n) is 6.83. The molecule has 0 aromatic heterocycles. The molecule has 0 heterocycles. The molecule has 1 fully saturated rings. The Bertz CT molecular complexity index is 373. The van der Waals surface area contributed by atoms with Crippen LogP contribution in [0.1, 0.15) is 43.7 Å². The highest BCUT2D eigenvalue weighted by atomic mass is 16.1. The molecule has 1 saturated carbocycles. The summed E-state index contributed by atoms with van der Waals surface area (Å²) >= 11 is 0. The van der Waals surface area contributed by atoms with Gasteiger partial charge in [-0.2, -0.15) is 0 Å². The highest BCUT2D eigenvalue weighted by molar-refractivity contribution is 5.76. The van der Waals surface area contributed by atoms with E-state index in [1.54, 1.807) is 0 Å². The third kappa shape index (κ3) is 4.49. The van der Waals surface area contributed by atoms with Gasteiger partial charge in [0.2, 0.25) is 5.91 Å². The van der Waals surface area contributed by atoms with Crippen molar-refractivity contribution in [3.63, 3.8) is 0 Å². The van der Waals surface area contributed by atoms with Crippen molar-refractivity contribution >= 4 is 5.91 Å². The quantitative estimate of drug-likeness (QED) is 0.726. The molecule has 1 aliphatic rings. The Hall–Kier alpha value is -1.35. The first-order chi connectivity index (χ1) is 8.75. The number of nitrogens with two attached hydrogens (primary N) is 1. The van der Waals surface area contributed by atoms with Crippen LogP contribution < -0.4 is 11.1 Å². The van der Waals surface area contributed by atoms with Crippen LogP contribution in [-0.2, 0) is 4.79 Å². The summed E-state index contributed by atoms with van der Waals surface area (Å²) in [5.74, 6) is 0.996. The van der Waals surface area contributed by atoms with Gasteiger partial charge in [0.05, 0.1) is 0 Å². The lowest BCUT2D eigenvalue weighted by molar-refractivity contribution is -0.121. The molecular formula is C15H22N2O. The van der Waals surface area contributed by atoms with Crippen molar-refractivity contribution in [1.29, 1.82) is 0 Å². The zero-order valence-corrected chi connectivity index (χ0v) is 10.8. The third-order valence-corrected chi connectivity index (χ3v) is 3.44. The average molecular weight is 246 g/mol. The summed E-state index contributed by atoms with van der Waals surface area (Å²) in [7, 11) is 0. The standard InChI is InChI=1S/C15H22N2O/c16-14(13-6-2-1-3-7-13)11-15(18)17-10-4-5-12-8-9-12/h1-3,6-7,12,14H,4-5,8-11,16H2,(H,17,18). The van der Waals surface area contributed by atoms with Gasteiger partial charge in [0.1, 0.15) is 0 Å². The van der Waals surface area contributed by atoms with Crippen molar-refractivity contribution in [2.45, 2.75) is 38.1 Å². The van der Waals surface area contributed by atoms with Crippen LogP contribution >= 0.6 is 0 Å². The van der Waals surface area contributed by atoms with Crippen LogP contribution in [0.3, 0.4) is 0 Å². The molecule has 2 rings (SSSR count). The number of hydrogen-bond acceptors (Lipinski definition) is 2. The number of carbonyl (C=O) groups excluding carboxylic acids is 1. The highest BCUT2D eigenvalue weighted by Gasteiger charge is 2.20. The normalized spacial score (nSPS) is 16.3. The van der Waals surface area contributed by atoms with Gasteiger partial charge in [-0.05, 0) is 24.3 Å². The lowest BCUT2D eigenvalue weighted by atomic mass is 10.0. The van der Waals surface area contributed by atoms with E-state index in [0.717, 1.165) is 24.4 Å². The van der Waals surface area contributed by atoms with Crippen LogP contribution in [0.2, 0.25) is 0 Å². The fraction of sp³-hybridized carbons (Fsp3) is 0.533. The average Bonchev–Trinajstić information content (AvgIpc) is 3.20. The van der Waals surface area contributed by atoms with Crippen LogP contribution in [0.5, 0.6) is 0 Å². The van der Waals surface area contributed by atoms with Crippen molar-refractivity contribution < 1.29 is 4.79 Å². The molecule has 0 bridgehead atoms. The maximum absolute atomic E-state index is 11.7. The summed E-state index contributed by atoms with van der Waals surface area (Å²) in [6, 6.07) is 9.57. The van der Waals surface area contributed by atoms with Gasteiger partial charge in [0.25, 0.3) is 0 Å². The Morgan fingerprint density at radius 2 is 2.06 bits per heavy atom. The lowest BCUT2D eigenvalue weighted by Crippen LogP contribution is -2.28. The predicted molar refractivity (Wildman–Crippen MR) is 73.0 cm³/mol. The number of nitrogens with one attached hydrogen (secondary N) is 1. The van der Waals surface area contributed by atoms with Gasteiger partial charge in [0, 0.05) is 19.0 Å². The van der Waals surface area contributed by atoms with E-state index in [4.69, 9.17) is 5.73 Å². The molecular weight excluding hydrogens is 224 g/mol. The van der Waals surface area contributed by atoms with Gasteiger partial charge in [-0.15, -0.1) is 0 Å². The molecule has 0 radical (unpaired) electrons. The molecule has 18 heavy (non-hydrogen) atoms. The van der Waals surface area contributed by atoms with Gasteiger partial charge >= 0.3 is 0 Å². The topological polar surface area (TPSA) is 55.1 Å². The summed E-state index contributed by atoms with van der Waals surface area (Å²) in [5.41, 5.74) is 7.02. The van der Waals surface area contributed by atoms with Crippen molar-refractivity contribution in [2.75, 3.05) is 6.54 Å². The minimum absolute atomic E-state index is 0.0575. The fourth-order valence-corrected chi connectivity index (χ4v) is 2.12. The van der Waals surface area contributed by atoms with E-state index in [1.807, 2.05) is 30.3 Å². The third-order valence-electron chi connectivity index (χ3n) is 3.44. The van der Waals surface area contributed by atoms with E-state index < -0.39 is 0 Å². The minimum Gasteiger partial charge on any atom is -0.356 e. The smallest absolute Gasteiger partial charge is 0.221 e. The number of benzene rings is 1. The summed E-state index contributed by atoms with van der Waals surface area (Å²) in [5, 5.41) is 2.95. The van der Waals surface area contributed by atoms with Gasteiger partial charge in [-0.1, -0.05) is 43.2 Å². The Balaban J connectivity index is 1.63. The lowest BCUT2D eigenvalue weighted by Gasteiger charge is -2.12. The zero-order valence-electron chi connectivity index (χ0n) is 10.8. The molecule has 3 heteroatoms. The van der Waals surface area contributed by atoms with Gasteiger partial charge in [-0.25, -0.2) is 0 Å². The van der Waals surface area contributed by atoms with E-state index in [0.29, 0.717) is 6.42 Å². The summed E-state index contributed by atoms with van der Waals surface area (Å²) < 4.78 is 0. The molecule has 0 aliphatic heterocycles. The zero-order chi connectivity index (χ0) is 12.8. The molecule has 0 saturated heterocycles. The molecule has 1 atom stereocenters. The predicted octanol–water partition coefficient (Wildman–Crippen LogP) is 2.38. The Morgan fingerprint density at radius 3 is 2.72 bits per heavy atom.